The molecular formula is C12H18BrNO2. The number of rotatable bonds is 7. The van der Waals surface area contributed by atoms with Crippen LogP contribution in [0.2, 0.25) is 0 Å². The third-order valence-corrected chi connectivity index (χ3v) is 2.54. The summed E-state index contributed by atoms with van der Waals surface area (Å²) in [7, 11) is 0. The standard InChI is InChI=1S/C12H18BrNO2/c1-2-6-14-8-11(15)9-16-12-5-3-4-10(13)7-12/h3-5,7,11,14-15H,2,6,8-9H2,1H3. The van der Waals surface area contributed by atoms with Crippen molar-refractivity contribution in [1.82, 2.24) is 5.32 Å². The molecule has 2 N–H and O–H groups in total. The number of benzene rings is 1. The molecule has 0 saturated heterocycles. The molecule has 0 aliphatic rings. The lowest BCUT2D eigenvalue weighted by atomic mass is 10.3. The molecule has 16 heavy (non-hydrogen) atoms. The Morgan fingerprint density at radius 3 is 3.00 bits per heavy atom. The summed E-state index contributed by atoms with van der Waals surface area (Å²) >= 11 is 3.37. The second-order valence-corrected chi connectivity index (χ2v) is 4.54. The molecule has 0 saturated carbocycles. The Morgan fingerprint density at radius 2 is 2.31 bits per heavy atom. The molecule has 1 rings (SSSR count). The van der Waals surface area contributed by atoms with E-state index in [1.807, 2.05) is 24.3 Å². The van der Waals surface area contributed by atoms with E-state index in [4.69, 9.17) is 4.74 Å². The molecule has 0 aliphatic heterocycles. The molecule has 0 fully saturated rings. The Kier molecular flexibility index (Phi) is 6.45. The fourth-order valence-corrected chi connectivity index (χ4v) is 1.63. The minimum absolute atomic E-state index is 0.313. The van der Waals surface area contributed by atoms with E-state index in [0.717, 1.165) is 23.2 Å². The van der Waals surface area contributed by atoms with Crippen LogP contribution in [0.25, 0.3) is 0 Å². The molecule has 0 amide bonds. The minimum Gasteiger partial charge on any atom is -0.491 e. The number of nitrogens with one attached hydrogen (secondary N) is 1. The Bertz CT molecular complexity index is 307. The van der Waals surface area contributed by atoms with Gasteiger partial charge in [-0.2, -0.15) is 0 Å². The van der Waals surface area contributed by atoms with E-state index in [9.17, 15) is 5.11 Å². The molecule has 0 heterocycles. The van der Waals surface area contributed by atoms with Gasteiger partial charge in [0.15, 0.2) is 0 Å². The molecule has 0 bridgehead atoms. The smallest absolute Gasteiger partial charge is 0.120 e. The molecule has 90 valence electrons. The van der Waals surface area contributed by atoms with Crippen LogP contribution >= 0.6 is 15.9 Å². The van der Waals surface area contributed by atoms with Crippen LogP contribution in [0.5, 0.6) is 5.75 Å². The van der Waals surface area contributed by atoms with Gasteiger partial charge in [-0.3, -0.25) is 0 Å². The largest absolute Gasteiger partial charge is 0.491 e. The van der Waals surface area contributed by atoms with Crippen molar-refractivity contribution in [2.45, 2.75) is 19.4 Å². The molecule has 1 aromatic rings. The predicted molar refractivity (Wildman–Crippen MR) is 68.8 cm³/mol. The van der Waals surface area contributed by atoms with Crippen LogP contribution in [0.15, 0.2) is 28.7 Å². The SMILES string of the molecule is CCCNCC(O)COc1cccc(Br)c1. The summed E-state index contributed by atoms with van der Waals surface area (Å²) in [4.78, 5) is 0. The van der Waals surface area contributed by atoms with E-state index in [0.29, 0.717) is 13.2 Å². The maximum atomic E-state index is 9.61. The third-order valence-electron chi connectivity index (χ3n) is 2.05. The summed E-state index contributed by atoms with van der Waals surface area (Å²) in [6, 6.07) is 7.59. The van der Waals surface area contributed by atoms with Gasteiger partial charge in [0.25, 0.3) is 0 Å². The van der Waals surface area contributed by atoms with Crippen molar-refractivity contribution in [3.8, 4) is 5.75 Å². The van der Waals surface area contributed by atoms with Gasteiger partial charge in [0, 0.05) is 11.0 Å². The number of aliphatic hydroxyl groups excluding tert-OH is 1. The molecule has 0 aromatic heterocycles. The van der Waals surface area contributed by atoms with Crippen LogP contribution < -0.4 is 10.1 Å². The van der Waals surface area contributed by atoms with E-state index >= 15 is 0 Å². The second kappa shape index (κ2) is 7.65. The molecule has 0 spiro atoms. The van der Waals surface area contributed by atoms with E-state index < -0.39 is 6.10 Å². The van der Waals surface area contributed by atoms with Crippen molar-refractivity contribution in [2.75, 3.05) is 19.7 Å². The van der Waals surface area contributed by atoms with Crippen LogP contribution in [0.1, 0.15) is 13.3 Å². The third kappa shape index (κ3) is 5.49. The highest BCUT2D eigenvalue weighted by molar-refractivity contribution is 9.10. The molecule has 0 radical (unpaired) electrons. The molecule has 1 atom stereocenters. The van der Waals surface area contributed by atoms with Crippen molar-refractivity contribution in [1.29, 1.82) is 0 Å². The zero-order chi connectivity index (χ0) is 11.8. The van der Waals surface area contributed by atoms with Crippen molar-refractivity contribution >= 4 is 15.9 Å². The Morgan fingerprint density at radius 1 is 1.50 bits per heavy atom. The topological polar surface area (TPSA) is 41.5 Å². The fraction of sp³-hybridized carbons (Fsp3) is 0.500. The van der Waals surface area contributed by atoms with Crippen LogP contribution in [0.4, 0.5) is 0 Å². The molecule has 3 nitrogen and oxygen atoms in total. The highest BCUT2D eigenvalue weighted by Gasteiger charge is 2.04. The van der Waals surface area contributed by atoms with Gasteiger partial charge in [-0.1, -0.05) is 28.9 Å². The zero-order valence-corrected chi connectivity index (χ0v) is 11.0. The first-order valence-corrected chi connectivity index (χ1v) is 6.29. The molecule has 0 aliphatic carbocycles. The summed E-state index contributed by atoms with van der Waals surface area (Å²) in [5.41, 5.74) is 0. The Hall–Kier alpha value is -0.580. The van der Waals surface area contributed by atoms with Gasteiger partial charge in [-0.25, -0.2) is 0 Å². The van der Waals surface area contributed by atoms with Gasteiger partial charge >= 0.3 is 0 Å². The van der Waals surface area contributed by atoms with Crippen LogP contribution in [-0.4, -0.2) is 30.9 Å². The minimum atomic E-state index is -0.467. The van der Waals surface area contributed by atoms with Gasteiger partial charge in [0.2, 0.25) is 0 Å². The lowest BCUT2D eigenvalue weighted by Crippen LogP contribution is -2.31. The molecule has 1 aromatic carbocycles. The van der Waals surface area contributed by atoms with Crippen molar-refractivity contribution in [3.05, 3.63) is 28.7 Å². The molecule has 4 heteroatoms. The summed E-state index contributed by atoms with van der Waals surface area (Å²) < 4.78 is 6.43. The Labute approximate surface area is 105 Å². The number of hydrogen-bond acceptors (Lipinski definition) is 3. The van der Waals surface area contributed by atoms with Crippen LogP contribution in [0, 0.1) is 0 Å². The van der Waals surface area contributed by atoms with Gasteiger partial charge in [-0.05, 0) is 31.2 Å². The summed E-state index contributed by atoms with van der Waals surface area (Å²) in [6.07, 6.45) is 0.602. The summed E-state index contributed by atoms with van der Waals surface area (Å²) in [5, 5.41) is 12.8. The number of ether oxygens (including phenoxy) is 1. The van der Waals surface area contributed by atoms with Crippen LogP contribution in [0.3, 0.4) is 0 Å². The van der Waals surface area contributed by atoms with Gasteiger partial charge in [0.05, 0.1) is 0 Å². The van der Waals surface area contributed by atoms with E-state index in [1.165, 1.54) is 0 Å². The number of hydrogen-bond donors (Lipinski definition) is 2. The number of halogens is 1. The first-order valence-electron chi connectivity index (χ1n) is 5.49. The monoisotopic (exact) mass is 287 g/mol. The molecule has 1 unspecified atom stereocenters. The maximum Gasteiger partial charge on any atom is 0.120 e. The van der Waals surface area contributed by atoms with Gasteiger partial charge in [-0.15, -0.1) is 0 Å². The van der Waals surface area contributed by atoms with Gasteiger partial charge in [0.1, 0.15) is 18.5 Å². The average Bonchev–Trinajstić information content (AvgIpc) is 2.27. The normalized spacial score (nSPS) is 12.4. The quantitative estimate of drug-likeness (QED) is 0.756. The summed E-state index contributed by atoms with van der Waals surface area (Å²) in [6.45, 7) is 3.90. The summed E-state index contributed by atoms with van der Waals surface area (Å²) in [5.74, 6) is 0.768. The fourth-order valence-electron chi connectivity index (χ4n) is 1.25. The van der Waals surface area contributed by atoms with Crippen LogP contribution in [-0.2, 0) is 0 Å². The second-order valence-electron chi connectivity index (χ2n) is 3.63. The highest BCUT2D eigenvalue weighted by atomic mass is 79.9. The zero-order valence-electron chi connectivity index (χ0n) is 9.45. The lowest BCUT2D eigenvalue weighted by molar-refractivity contribution is 0.106. The number of aliphatic hydroxyl groups is 1. The van der Waals surface area contributed by atoms with E-state index in [1.54, 1.807) is 0 Å². The van der Waals surface area contributed by atoms with Crippen molar-refractivity contribution in [2.24, 2.45) is 0 Å². The lowest BCUT2D eigenvalue weighted by Gasteiger charge is -2.13. The first kappa shape index (κ1) is 13.5. The average molecular weight is 288 g/mol. The highest BCUT2D eigenvalue weighted by Crippen LogP contribution is 2.17. The van der Waals surface area contributed by atoms with Crippen molar-refractivity contribution in [3.63, 3.8) is 0 Å². The van der Waals surface area contributed by atoms with E-state index in [2.05, 4.69) is 28.2 Å². The first-order chi connectivity index (χ1) is 7.72. The predicted octanol–water partition coefficient (Wildman–Crippen LogP) is 2.19. The Balaban J connectivity index is 2.23. The van der Waals surface area contributed by atoms with E-state index in [-0.39, 0.29) is 0 Å². The van der Waals surface area contributed by atoms with Crippen molar-refractivity contribution < 1.29 is 9.84 Å². The van der Waals surface area contributed by atoms with Gasteiger partial charge < -0.3 is 15.2 Å². The maximum absolute atomic E-state index is 9.61. The molecular weight excluding hydrogens is 270 g/mol.